The number of para-hydroxylation sites is 1. The number of carbonyl (C=O) groups is 2. The maximum atomic E-state index is 13.3. The van der Waals surface area contributed by atoms with Gasteiger partial charge in [0.25, 0.3) is 5.56 Å². The van der Waals surface area contributed by atoms with Crippen LogP contribution in [0.4, 0.5) is 5.69 Å². The second-order valence-electron chi connectivity index (χ2n) is 9.56. The molecule has 0 spiro atoms. The molecule has 0 aliphatic heterocycles. The zero-order valence-electron chi connectivity index (χ0n) is 23.7. The maximum absolute atomic E-state index is 13.3. The van der Waals surface area contributed by atoms with Gasteiger partial charge in [0.15, 0.2) is 16.7 Å². The van der Waals surface area contributed by atoms with Gasteiger partial charge in [0.2, 0.25) is 11.8 Å². The fourth-order valence-corrected chi connectivity index (χ4v) is 5.33. The molecule has 0 saturated heterocycles. The molecule has 42 heavy (non-hydrogen) atoms. The van der Waals surface area contributed by atoms with Crippen molar-refractivity contribution in [3.05, 3.63) is 87.2 Å². The summed E-state index contributed by atoms with van der Waals surface area (Å²) in [7, 11) is 3.17. The number of aryl methyl sites for hydroxylation is 1. The lowest BCUT2D eigenvalue weighted by atomic mass is 10.1. The summed E-state index contributed by atoms with van der Waals surface area (Å²) in [6.45, 7) is 2.64. The van der Waals surface area contributed by atoms with Crippen LogP contribution in [0.1, 0.15) is 24.0 Å². The zero-order chi connectivity index (χ0) is 30.1. The van der Waals surface area contributed by atoms with Crippen LogP contribution in [-0.4, -0.2) is 47.9 Å². The summed E-state index contributed by atoms with van der Waals surface area (Å²) in [5, 5.41) is 7.23. The molecule has 0 saturated carbocycles. The highest BCUT2D eigenvalue weighted by atomic mass is 35.5. The van der Waals surface area contributed by atoms with E-state index in [-0.39, 0.29) is 36.1 Å². The van der Waals surface area contributed by atoms with Gasteiger partial charge in [-0.05, 0) is 67.3 Å². The van der Waals surface area contributed by atoms with Gasteiger partial charge in [0, 0.05) is 30.2 Å². The second kappa shape index (κ2) is 14.7. The van der Waals surface area contributed by atoms with Crippen molar-refractivity contribution in [1.29, 1.82) is 0 Å². The van der Waals surface area contributed by atoms with Gasteiger partial charge < -0.3 is 20.1 Å². The lowest BCUT2D eigenvalue weighted by molar-refractivity contribution is -0.121. The quantitative estimate of drug-likeness (QED) is 0.158. The zero-order valence-corrected chi connectivity index (χ0v) is 25.3. The van der Waals surface area contributed by atoms with Crippen molar-refractivity contribution < 1.29 is 19.1 Å². The summed E-state index contributed by atoms with van der Waals surface area (Å²) in [4.78, 5) is 43.2. The topological polar surface area (TPSA) is 112 Å². The molecule has 11 heteroatoms. The number of methoxy groups -OCH3 is 2. The molecular weight excluding hydrogens is 576 g/mol. The molecule has 0 aliphatic carbocycles. The summed E-state index contributed by atoms with van der Waals surface area (Å²) in [6, 6.07) is 18.1. The van der Waals surface area contributed by atoms with E-state index < -0.39 is 0 Å². The number of nitrogens with zero attached hydrogens (tertiary/aromatic N) is 2. The predicted octanol–water partition coefficient (Wildman–Crippen LogP) is 5.25. The van der Waals surface area contributed by atoms with Crippen molar-refractivity contribution in [2.45, 2.75) is 37.9 Å². The van der Waals surface area contributed by atoms with Crippen molar-refractivity contribution in [2.24, 2.45) is 0 Å². The van der Waals surface area contributed by atoms with Gasteiger partial charge in [-0.1, -0.05) is 47.6 Å². The fraction of sp³-hybridized carbons (Fsp3) is 0.290. The number of fused-ring (bicyclic) bond motifs is 1. The Kier molecular flexibility index (Phi) is 10.9. The minimum Gasteiger partial charge on any atom is -0.493 e. The van der Waals surface area contributed by atoms with Gasteiger partial charge in [0.05, 0.1) is 30.9 Å². The Hall–Kier alpha value is -4.02. The number of carbonyl (C=O) groups excluding carboxylic acids is 2. The summed E-state index contributed by atoms with van der Waals surface area (Å²) >= 11 is 7.34. The summed E-state index contributed by atoms with van der Waals surface area (Å²) in [5.74, 6) is 0.984. The van der Waals surface area contributed by atoms with Crippen LogP contribution in [0.25, 0.3) is 10.9 Å². The molecule has 3 aromatic carbocycles. The first kappa shape index (κ1) is 30.9. The number of halogens is 1. The van der Waals surface area contributed by atoms with Crippen molar-refractivity contribution in [1.82, 2.24) is 14.9 Å². The third kappa shape index (κ3) is 8.04. The minimum absolute atomic E-state index is 0.0485. The lowest BCUT2D eigenvalue weighted by Crippen LogP contribution is -2.27. The minimum atomic E-state index is -0.247. The van der Waals surface area contributed by atoms with Gasteiger partial charge in [0.1, 0.15) is 0 Å². The number of thioether (sulfide) groups is 1. The average molecular weight is 609 g/mol. The Morgan fingerprint density at radius 3 is 2.55 bits per heavy atom. The van der Waals surface area contributed by atoms with Crippen LogP contribution >= 0.6 is 23.4 Å². The third-order valence-corrected chi connectivity index (χ3v) is 7.97. The Balaban J connectivity index is 1.35. The number of benzene rings is 3. The molecule has 1 heterocycles. The number of anilines is 1. The summed E-state index contributed by atoms with van der Waals surface area (Å²) < 4.78 is 12.1. The molecule has 220 valence electrons. The number of ether oxygens (including phenoxy) is 2. The molecular formula is C31H33ClN4O5S. The fourth-order valence-electron chi connectivity index (χ4n) is 4.32. The highest BCUT2D eigenvalue weighted by Gasteiger charge is 2.14. The Bertz CT molecular complexity index is 1640. The molecule has 9 nitrogen and oxygen atoms in total. The SMILES string of the molecule is COc1ccc(CCNC(=O)CCCn2c(SCC(=O)Nc3ccc(C)c(Cl)c3)nc3ccccc3c2=O)cc1OC. The van der Waals surface area contributed by atoms with Gasteiger partial charge >= 0.3 is 0 Å². The van der Waals surface area contributed by atoms with Crippen molar-refractivity contribution >= 4 is 51.8 Å². The highest BCUT2D eigenvalue weighted by Crippen LogP contribution is 2.27. The van der Waals surface area contributed by atoms with Crippen molar-refractivity contribution in [3.8, 4) is 11.5 Å². The van der Waals surface area contributed by atoms with E-state index in [1.165, 1.54) is 11.8 Å². The largest absolute Gasteiger partial charge is 0.493 e. The van der Waals surface area contributed by atoms with E-state index >= 15 is 0 Å². The summed E-state index contributed by atoms with van der Waals surface area (Å²) in [6.07, 6.45) is 1.31. The summed E-state index contributed by atoms with van der Waals surface area (Å²) in [5.41, 5.74) is 2.87. The number of aromatic nitrogens is 2. The highest BCUT2D eigenvalue weighted by molar-refractivity contribution is 7.99. The standard InChI is InChI=1S/C31H33ClN4O5S/c1-20-10-12-22(18-24(20)32)34-29(38)19-42-31-35-25-8-5-4-7-23(25)30(39)36(31)16-6-9-28(37)33-15-14-21-11-13-26(40-2)27(17-21)41-3/h4-5,7-8,10-13,17-18H,6,9,14-16,19H2,1-3H3,(H,33,37)(H,34,38). The van der Waals surface area contributed by atoms with E-state index in [9.17, 15) is 14.4 Å². The molecule has 4 aromatic rings. The van der Waals surface area contributed by atoms with Crippen LogP contribution in [-0.2, 0) is 22.6 Å². The van der Waals surface area contributed by atoms with Crippen LogP contribution in [0.2, 0.25) is 5.02 Å². The molecule has 1 aromatic heterocycles. The molecule has 0 fully saturated rings. The third-order valence-electron chi connectivity index (χ3n) is 6.58. The number of nitrogens with one attached hydrogen (secondary N) is 2. The first-order valence-corrected chi connectivity index (χ1v) is 14.8. The molecule has 0 aliphatic rings. The normalized spacial score (nSPS) is 10.9. The number of rotatable bonds is 13. The van der Waals surface area contributed by atoms with Crippen LogP contribution in [0.3, 0.4) is 0 Å². The lowest BCUT2D eigenvalue weighted by Gasteiger charge is -2.13. The van der Waals surface area contributed by atoms with Gasteiger partial charge in [-0.15, -0.1) is 0 Å². The van der Waals surface area contributed by atoms with Gasteiger partial charge in [-0.25, -0.2) is 4.98 Å². The first-order chi connectivity index (χ1) is 20.3. The van der Waals surface area contributed by atoms with E-state index in [1.54, 1.807) is 49.1 Å². The van der Waals surface area contributed by atoms with E-state index in [0.29, 0.717) is 57.7 Å². The Morgan fingerprint density at radius 2 is 1.79 bits per heavy atom. The molecule has 0 bridgehead atoms. The van der Waals surface area contributed by atoms with Gasteiger partial charge in [-0.3, -0.25) is 19.0 Å². The first-order valence-electron chi connectivity index (χ1n) is 13.4. The molecule has 0 unspecified atom stereocenters. The van der Waals surface area contributed by atoms with Crippen LogP contribution in [0.5, 0.6) is 11.5 Å². The van der Waals surface area contributed by atoms with E-state index in [4.69, 9.17) is 21.1 Å². The van der Waals surface area contributed by atoms with E-state index in [2.05, 4.69) is 15.6 Å². The molecule has 0 radical (unpaired) electrons. The van der Waals surface area contributed by atoms with Gasteiger partial charge in [-0.2, -0.15) is 0 Å². The van der Waals surface area contributed by atoms with Crippen LogP contribution in [0.15, 0.2) is 70.6 Å². The average Bonchev–Trinajstić information content (AvgIpc) is 2.99. The van der Waals surface area contributed by atoms with E-state index in [1.807, 2.05) is 37.3 Å². The smallest absolute Gasteiger partial charge is 0.262 e. The van der Waals surface area contributed by atoms with Crippen molar-refractivity contribution in [3.63, 3.8) is 0 Å². The predicted molar refractivity (Wildman–Crippen MR) is 167 cm³/mol. The number of amides is 2. The molecule has 0 atom stereocenters. The van der Waals surface area contributed by atoms with Crippen molar-refractivity contribution in [2.75, 3.05) is 31.8 Å². The molecule has 2 N–H and O–H groups in total. The number of hydrogen-bond acceptors (Lipinski definition) is 7. The monoisotopic (exact) mass is 608 g/mol. The molecule has 4 rings (SSSR count). The second-order valence-corrected chi connectivity index (χ2v) is 10.9. The van der Waals surface area contributed by atoms with E-state index in [0.717, 1.165) is 11.1 Å². The maximum Gasteiger partial charge on any atom is 0.262 e. The Labute approximate surface area is 253 Å². The van der Waals surface area contributed by atoms with Crippen LogP contribution < -0.4 is 25.7 Å². The Morgan fingerprint density at radius 1 is 1.00 bits per heavy atom. The molecule has 2 amide bonds. The number of hydrogen-bond donors (Lipinski definition) is 2. The van der Waals surface area contributed by atoms with Crippen LogP contribution in [0, 0.1) is 6.92 Å².